The number of hydrogen-bond acceptors (Lipinski definition) is 7. The molecule has 1 aliphatic carbocycles. The summed E-state index contributed by atoms with van der Waals surface area (Å²) in [7, 11) is 0. The molecule has 0 spiro atoms. The van der Waals surface area contributed by atoms with Crippen molar-refractivity contribution in [2.45, 2.75) is 37.8 Å². The van der Waals surface area contributed by atoms with Crippen LogP contribution in [-0.4, -0.2) is 32.2 Å². The van der Waals surface area contributed by atoms with Crippen LogP contribution < -0.4 is 10.6 Å². The van der Waals surface area contributed by atoms with Crippen molar-refractivity contribution in [1.29, 1.82) is 0 Å². The average molecular weight is 420 g/mol. The molecule has 1 aromatic carbocycles. The summed E-state index contributed by atoms with van der Waals surface area (Å²) in [5, 5.41) is 17.0. The van der Waals surface area contributed by atoms with Crippen LogP contribution in [-0.2, 0) is 0 Å². The first kappa shape index (κ1) is 16.7. The van der Waals surface area contributed by atoms with Gasteiger partial charge in [0, 0.05) is 16.7 Å². The minimum absolute atomic E-state index is 0.161. The second kappa shape index (κ2) is 7.23. The molecule has 1 saturated carbocycles. The monoisotopic (exact) mass is 419 g/mol. The summed E-state index contributed by atoms with van der Waals surface area (Å²) < 4.78 is 2.16. The lowest BCUT2D eigenvalue weighted by atomic mass is 9.93. The smallest absolute Gasteiger partial charge is 0.224 e. The topological polar surface area (TPSA) is 83.0 Å². The number of anilines is 3. The van der Waals surface area contributed by atoms with Crippen molar-refractivity contribution >= 4 is 54.4 Å². The molecule has 0 amide bonds. The minimum atomic E-state index is -0.161. The van der Waals surface area contributed by atoms with Crippen LogP contribution in [0.4, 0.5) is 16.9 Å². The van der Waals surface area contributed by atoms with Gasteiger partial charge in [-0.15, -0.1) is 0 Å². The van der Waals surface area contributed by atoms with Crippen molar-refractivity contribution in [2.75, 3.05) is 10.6 Å². The molecule has 0 saturated heterocycles. The highest BCUT2D eigenvalue weighted by molar-refractivity contribution is 9.10. The predicted octanol–water partition coefficient (Wildman–Crippen LogP) is 4.31. The van der Waals surface area contributed by atoms with Gasteiger partial charge in [-0.3, -0.25) is 0 Å². The lowest BCUT2D eigenvalue weighted by Crippen LogP contribution is -2.28. The number of aromatic nitrogens is 3. The predicted molar refractivity (Wildman–Crippen MR) is 105 cm³/mol. The fourth-order valence-corrected chi connectivity index (χ4v) is 4.39. The van der Waals surface area contributed by atoms with Crippen LogP contribution in [0.25, 0.3) is 10.2 Å². The van der Waals surface area contributed by atoms with Gasteiger partial charge in [0.1, 0.15) is 5.82 Å². The molecule has 25 heavy (non-hydrogen) atoms. The highest BCUT2D eigenvalue weighted by Gasteiger charge is 2.19. The number of nitrogens with one attached hydrogen (secondary N) is 2. The zero-order valence-electron chi connectivity index (χ0n) is 13.4. The summed E-state index contributed by atoms with van der Waals surface area (Å²) in [5.74, 6) is 1.32. The molecular weight excluding hydrogens is 402 g/mol. The third kappa shape index (κ3) is 4.08. The third-order valence-electron chi connectivity index (χ3n) is 4.27. The maximum Gasteiger partial charge on any atom is 0.224 e. The van der Waals surface area contributed by atoms with Crippen molar-refractivity contribution in [3.8, 4) is 0 Å². The molecular formula is C17H18BrN5OS. The Hall–Kier alpha value is -1.77. The zero-order valence-corrected chi connectivity index (χ0v) is 15.8. The standard InChI is InChI=1S/C17H18BrN5OS/c18-10-1-6-13-14(9-10)25-17(21-13)23-15-7-8-19-16(22-15)20-11-2-4-12(24)5-3-11/h1,6-9,11-12,24H,2-5H2,(H2,19,20,21,22,23). The average Bonchev–Trinajstić information content (AvgIpc) is 2.98. The SMILES string of the molecule is OC1CCC(Nc2nccc(Nc3nc4ccc(Br)cc4s3)n2)CC1. The largest absolute Gasteiger partial charge is 0.393 e. The Morgan fingerprint density at radius 3 is 2.80 bits per heavy atom. The van der Waals surface area contributed by atoms with Gasteiger partial charge < -0.3 is 15.7 Å². The van der Waals surface area contributed by atoms with Gasteiger partial charge in [-0.2, -0.15) is 4.98 Å². The second-order valence-corrected chi connectivity index (χ2v) is 8.12. The van der Waals surface area contributed by atoms with E-state index in [4.69, 9.17) is 0 Å². The molecule has 0 bridgehead atoms. The molecule has 0 aliphatic heterocycles. The number of benzene rings is 1. The zero-order chi connectivity index (χ0) is 17.2. The number of nitrogens with zero attached hydrogens (tertiary/aromatic N) is 3. The first-order chi connectivity index (χ1) is 12.2. The van der Waals surface area contributed by atoms with E-state index in [0.717, 1.165) is 45.5 Å². The van der Waals surface area contributed by atoms with E-state index in [-0.39, 0.29) is 6.10 Å². The fourth-order valence-electron chi connectivity index (χ4n) is 2.96. The molecule has 4 rings (SSSR count). The molecule has 0 atom stereocenters. The van der Waals surface area contributed by atoms with E-state index in [1.54, 1.807) is 17.5 Å². The van der Waals surface area contributed by atoms with Crippen LogP contribution in [0.5, 0.6) is 0 Å². The summed E-state index contributed by atoms with van der Waals surface area (Å²) in [6, 6.07) is 8.18. The molecule has 0 unspecified atom stereocenters. The summed E-state index contributed by atoms with van der Waals surface area (Å²) in [5.41, 5.74) is 0.962. The van der Waals surface area contributed by atoms with Gasteiger partial charge in [-0.05, 0) is 49.9 Å². The number of rotatable bonds is 4. The molecule has 2 aromatic heterocycles. The van der Waals surface area contributed by atoms with Gasteiger partial charge in [0.05, 0.1) is 16.3 Å². The highest BCUT2D eigenvalue weighted by Crippen LogP contribution is 2.30. The summed E-state index contributed by atoms with van der Waals surface area (Å²) >= 11 is 5.07. The van der Waals surface area contributed by atoms with E-state index in [1.165, 1.54) is 0 Å². The van der Waals surface area contributed by atoms with Crippen LogP contribution in [0.3, 0.4) is 0 Å². The number of thiazole rings is 1. The first-order valence-corrected chi connectivity index (χ1v) is 9.87. The normalized spacial score (nSPS) is 20.6. The van der Waals surface area contributed by atoms with E-state index >= 15 is 0 Å². The van der Waals surface area contributed by atoms with Crippen molar-refractivity contribution < 1.29 is 5.11 Å². The van der Waals surface area contributed by atoms with Crippen molar-refractivity contribution in [3.63, 3.8) is 0 Å². The summed E-state index contributed by atoms with van der Waals surface area (Å²) in [4.78, 5) is 13.4. The van der Waals surface area contributed by atoms with Crippen molar-refractivity contribution in [3.05, 3.63) is 34.9 Å². The van der Waals surface area contributed by atoms with Crippen LogP contribution in [0, 0.1) is 0 Å². The van der Waals surface area contributed by atoms with Crippen molar-refractivity contribution in [2.24, 2.45) is 0 Å². The number of aliphatic hydroxyl groups is 1. The number of halogens is 1. The Morgan fingerprint density at radius 2 is 1.96 bits per heavy atom. The van der Waals surface area contributed by atoms with E-state index in [1.807, 2.05) is 18.2 Å². The van der Waals surface area contributed by atoms with Gasteiger partial charge >= 0.3 is 0 Å². The van der Waals surface area contributed by atoms with Crippen LogP contribution in [0.15, 0.2) is 34.9 Å². The van der Waals surface area contributed by atoms with Crippen LogP contribution >= 0.6 is 27.3 Å². The Bertz CT molecular complexity index is 878. The molecule has 3 aromatic rings. The maximum absolute atomic E-state index is 9.60. The first-order valence-electron chi connectivity index (χ1n) is 8.26. The maximum atomic E-state index is 9.60. The minimum Gasteiger partial charge on any atom is -0.393 e. The number of fused-ring (bicyclic) bond motifs is 1. The Morgan fingerprint density at radius 1 is 1.12 bits per heavy atom. The third-order valence-corrected chi connectivity index (χ3v) is 5.70. The van der Waals surface area contributed by atoms with E-state index in [2.05, 4.69) is 47.6 Å². The molecule has 1 aliphatic rings. The Balaban J connectivity index is 1.47. The molecule has 3 N–H and O–H groups in total. The van der Waals surface area contributed by atoms with E-state index in [9.17, 15) is 5.11 Å². The van der Waals surface area contributed by atoms with Gasteiger partial charge in [-0.25, -0.2) is 9.97 Å². The lowest BCUT2D eigenvalue weighted by Gasteiger charge is -2.26. The van der Waals surface area contributed by atoms with Gasteiger partial charge in [0.15, 0.2) is 5.13 Å². The lowest BCUT2D eigenvalue weighted by molar-refractivity contribution is 0.126. The molecule has 130 valence electrons. The second-order valence-electron chi connectivity index (χ2n) is 6.17. The number of hydrogen-bond donors (Lipinski definition) is 3. The van der Waals surface area contributed by atoms with Crippen LogP contribution in [0.1, 0.15) is 25.7 Å². The van der Waals surface area contributed by atoms with Gasteiger partial charge in [0.2, 0.25) is 5.95 Å². The Kier molecular flexibility index (Phi) is 4.82. The highest BCUT2D eigenvalue weighted by atomic mass is 79.9. The molecule has 8 heteroatoms. The van der Waals surface area contributed by atoms with E-state index in [0.29, 0.717) is 17.8 Å². The van der Waals surface area contributed by atoms with Gasteiger partial charge in [-0.1, -0.05) is 27.3 Å². The molecule has 0 radical (unpaired) electrons. The number of aliphatic hydroxyl groups excluding tert-OH is 1. The summed E-state index contributed by atoms with van der Waals surface area (Å²) in [6.45, 7) is 0. The van der Waals surface area contributed by atoms with Crippen LogP contribution in [0.2, 0.25) is 0 Å². The summed E-state index contributed by atoms with van der Waals surface area (Å²) in [6.07, 6.45) is 5.11. The molecule has 2 heterocycles. The molecule has 1 fully saturated rings. The fraction of sp³-hybridized carbons (Fsp3) is 0.353. The quantitative estimate of drug-likeness (QED) is 0.584. The van der Waals surface area contributed by atoms with E-state index < -0.39 is 0 Å². The van der Waals surface area contributed by atoms with Crippen molar-refractivity contribution in [1.82, 2.24) is 15.0 Å². The molecule has 6 nitrogen and oxygen atoms in total. The Labute approximate surface area is 157 Å². The van der Waals surface area contributed by atoms with Gasteiger partial charge in [0.25, 0.3) is 0 Å².